The third kappa shape index (κ3) is 2.17. The molecule has 1 aromatic rings. The molecule has 1 aromatic heterocycles. The van der Waals surface area contributed by atoms with E-state index in [1.54, 1.807) is 0 Å². The van der Waals surface area contributed by atoms with Gasteiger partial charge in [-0.15, -0.1) is 5.10 Å². The second-order valence-corrected chi connectivity index (χ2v) is 2.52. The zero-order chi connectivity index (χ0) is 10.1. The molecule has 0 saturated carbocycles. The molecule has 4 nitrogen and oxygen atoms in total. The Labute approximate surface area is 72.2 Å². The lowest BCUT2D eigenvalue weighted by atomic mass is 10.2. The summed E-state index contributed by atoms with van der Waals surface area (Å²) in [5, 5.41) is 14.8. The molecule has 0 aliphatic rings. The summed E-state index contributed by atoms with van der Waals surface area (Å²) in [6, 6.07) is 0.801. The van der Waals surface area contributed by atoms with Gasteiger partial charge in [-0.1, -0.05) is 0 Å². The number of carbonyl (C=O) groups is 1. The van der Waals surface area contributed by atoms with E-state index in [2.05, 4.69) is 10.2 Å². The molecule has 0 spiro atoms. The molecule has 0 fully saturated rings. The van der Waals surface area contributed by atoms with E-state index in [-0.39, 0.29) is 5.56 Å². The molecule has 1 rings (SSSR count). The molecule has 0 atom stereocenters. The molecule has 70 valence electrons. The summed E-state index contributed by atoms with van der Waals surface area (Å²) in [6.45, 7) is 0.628. The van der Waals surface area contributed by atoms with Gasteiger partial charge in [0.25, 0.3) is 5.92 Å². The first-order chi connectivity index (χ1) is 5.91. The van der Waals surface area contributed by atoms with E-state index in [9.17, 15) is 13.6 Å². The number of rotatable bonds is 2. The standard InChI is InChI=1S/C7H6F2N2O2/c1-7(8,9)5-2-4(6(12)13)3-10-11-5/h2-3H,1H3,(H,12,13). The lowest BCUT2D eigenvalue weighted by Gasteiger charge is -2.07. The summed E-state index contributed by atoms with van der Waals surface area (Å²) in [4.78, 5) is 10.4. The van der Waals surface area contributed by atoms with Crippen molar-refractivity contribution < 1.29 is 18.7 Å². The SMILES string of the molecule is CC(F)(F)c1cc(C(=O)O)cnn1. The van der Waals surface area contributed by atoms with E-state index in [1.165, 1.54) is 0 Å². The molecular weight excluding hydrogens is 182 g/mol. The van der Waals surface area contributed by atoms with E-state index in [0.29, 0.717) is 6.92 Å². The highest BCUT2D eigenvalue weighted by Crippen LogP contribution is 2.24. The molecule has 0 saturated heterocycles. The second kappa shape index (κ2) is 3.04. The van der Waals surface area contributed by atoms with Crippen molar-refractivity contribution in [3.63, 3.8) is 0 Å². The number of hydrogen-bond acceptors (Lipinski definition) is 3. The van der Waals surface area contributed by atoms with Gasteiger partial charge in [-0.2, -0.15) is 13.9 Å². The minimum absolute atomic E-state index is 0.300. The Hall–Kier alpha value is -1.59. The topological polar surface area (TPSA) is 63.1 Å². The van der Waals surface area contributed by atoms with Gasteiger partial charge in [0, 0.05) is 6.92 Å². The number of hydrogen-bond donors (Lipinski definition) is 1. The largest absolute Gasteiger partial charge is 0.478 e. The minimum Gasteiger partial charge on any atom is -0.478 e. The van der Waals surface area contributed by atoms with Crippen molar-refractivity contribution in [1.29, 1.82) is 0 Å². The van der Waals surface area contributed by atoms with Crippen molar-refractivity contribution >= 4 is 5.97 Å². The average Bonchev–Trinajstić information content (AvgIpc) is 2.03. The monoisotopic (exact) mass is 188 g/mol. The van der Waals surface area contributed by atoms with E-state index >= 15 is 0 Å². The number of halogens is 2. The fourth-order valence-electron chi connectivity index (χ4n) is 0.698. The first-order valence-electron chi connectivity index (χ1n) is 3.35. The fraction of sp³-hybridized carbons (Fsp3) is 0.286. The van der Waals surface area contributed by atoms with Gasteiger partial charge in [0.2, 0.25) is 0 Å². The van der Waals surface area contributed by atoms with E-state index in [4.69, 9.17) is 5.11 Å². The minimum atomic E-state index is -3.17. The van der Waals surface area contributed by atoms with E-state index in [1.807, 2.05) is 0 Å². The molecule has 0 bridgehead atoms. The van der Waals surface area contributed by atoms with Crippen molar-refractivity contribution in [3.8, 4) is 0 Å². The third-order valence-electron chi connectivity index (χ3n) is 1.35. The maximum absolute atomic E-state index is 12.6. The van der Waals surface area contributed by atoms with Crippen LogP contribution in [0.15, 0.2) is 12.3 Å². The highest BCUT2D eigenvalue weighted by Gasteiger charge is 2.27. The van der Waals surface area contributed by atoms with Crippen molar-refractivity contribution in [2.45, 2.75) is 12.8 Å². The molecule has 0 amide bonds. The average molecular weight is 188 g/mol. The van der Waals surface area contributed by atoms with Crippen LogP contribution in [0.4, 0.5) is 8.78 Å². The first kappa shape index (κ1) is 9.50. The summed E-state index contributed by atoms with van der Waals surface area (Å²) in [5.74, 6) is -4.47. The lowest BCUT2D eigenvalue weighted by Crippen LogP contribution is -2.12. The molecule has 6 heteroatoms. The van der Waals surface area contributed by atoms with Crippen LogP contribution in [-0.2, 0) is 5.92 Å². The van der Waals surface area contributed by atoms with Crippen molar-refractivity contribution in [3.05, 3.63) is 23.5 Å². The molecule has 13 heavy (non-hydrogen) atoms. The quantitative estimate of drug-likeness (QED) is 0.759. The Morgan fingerprint density at radius 2 is 2.23 bits per heavy atom. The Morgan fingerprint density at radius 3 is 2.69 bits per heavy atom. The summed E-state index contributed by atoms with van der Waals surface area (Å²) >= 11 is 0. The molecule has 0 aromatic carbocycles. The maximum atomic E-state index is 12.6. The Kier molecular flexibility index (Phi) is 2.22. The van der Waals surface area contributed by atoms with Gasteiger partial charge >= 0.3 is 5.97 Å². The number of carboxylic acid groups (broad SMARTS) is 1. The zero-order valence-corrected chi connectivity index (χ0v) is 6.66. The van der Waals surface area contributed by atoms with Crippen LogP contribution < -0.4 is 0 Å². The molecule has 1 N–H and O–H groups in total. The molecule has 0 aliphatic carbocycles. The van der Waals surface area contributed by atoms with Crippen molar-refractivity contribution in [2.24, 2.45) is 0 Å². The van der Waals surface area contributed by atoms with Gasteiger partial charge in [-0.05, 0) is 6.07 Å². The number of aromatic carboxylic acids is 1. The van der Waals surface area contributed by atoms with Crippen LogP contribution in [0.25, 0.3) is 0 Å². The van der Waals surface area contributed by atoms with Gasteiger partial charge in [0.05, 0.1) is 11.8 Å². The summed E-state index contributed by atoms with van der Waals surface area (Å²) in [6.07, 6.45) is 0.914. The van der Waals surface area contributed by atoms with Crippen LogP contribution in [0, 0.1) is 0 Å². The summed E-state index contributed by atoms with van der Waals surface area (Å²) in [7, 11) is 0. The van der Waals surface area contributed by atoms with Crippen LogP contribution in [0.1, 0.15) is 23.0 Å². The van der Waals surface area contributed by atoms with Crippen molar-refractivity contribution in [1.82, 2.24) is 10.2 Å². The van der Waals surface area contributed by atoms with Crippen LogP contribution >= 0.6 is 0 Å². The summed E-state index contributed by atoms with van der Waals surface area (Å²) < 4.78 is 25.2. The highest BCUT2D eigenvalue weighted by atomic mass is 19.3. The van der Waals surface area contributed by atoms with Gasteiger partial charge in [-0.3, -0.25) is 0 Å². The van der Waals surface area contributed by atoms with Crippen LogP contribution in [0.2, 0.25) is 0 Å². The second-order valence-electron chi connectivity index (χ2n) is 2.52. The van der Waals surface area contributed by atoms with Crippen LogP contribution in [0.3, 0.4) is 0 Å². The summed E-state index contributed by atoms with van der Waals surface area (Å²) in [5.41, 5.74) is -0.945. The molecule has 0 radical (unpaired) electrons. The molecule has 0 unspecified atom stereocenters. The Morgan fingerprint density at radius 1 is 1.62 bits per heavy atom. The Bertz CT molecular complexity index is 336. The van der Waals surface area contributed by atoms with Gasteiger partial charge < -0.3 is 5.11 Å². The predicted octanol–water partition coefficient (Wildman–Crippen LogP) is 1.29. The van der Waals surface area contributed by atoms with Crippen LogP contribution in [0.5, 0.6) is 0 Å². The normalized spacial score (nSPS) is 11.3. The van der Waals surface area contributed by atoms with E-state index < -0.39 is 17.6 Å². The number of alkyl halides is 2. The number of carboxylic acids is 1. The predicted molar refractivity (Wildman–Crippen MR) is 38.6 cm³/mol. The smallest absolute Gasteiger partial charge is 0.337 e. The van der Waals surface area contributed by atoms with Gasteiger partial charge in [-0.25, -0.2) is 4.79 Å². The highest BCUT2D eigenvalue weighted by molar-refractivity contribution is 5.87. The molecular formula is C7H6F2N2O2. The lowest BCUT2D eigenvalue weighted by molar-refractivity contribution is 0.0117. The van der Waals surface area contributed by atoms with E-state index in [0.717, 1.165) is 12.3 Å². The maximum Gasteiger partial charge on any atom is 0.337 e. The molecule has 1 heterocycles. The Balaban J connectivity index is 3.13. The number of aromatic nitrogens is 2. The number of nitrogens with zero attached hydrogens (tertiary/aromatic N) is 2. The van der Waals surface area contributed by atoms with Gasteiger partial charge in [0.1, 0.15) is 5.69 Å². The zero-order valence-electron chi connectivity index (χ0n) is 6.66. The van der Waals surface area contributed by atoms with Gasteiger partial charge in [0.15, 0.2) is 0 Å². The fourth-order valence-corrected chi connectivity index (χ4v) is 0.698. The first-order valence-corrected chi connectivity index (χ1v) is 3.35. The van der Waals surface area contributed by atoms with Crippen molar-refractivity contribution in [2.75, 3.05) is 0 Å². The third-order valence-corrected chi connectivity index (χ3v) is 1.35. The molecule has 0 aliphatic heterocycles. The van der Waals surface area contributed by atoms with Crippen LogP contribution in [-0.4, -0.2) is 21.3 Å².